The number of carbonyl (C=O) groups is 2. The van der Waals surface area contributed by atoms with Gasteiger partial charge in [0.25, 0.3) is 0 Å². The number of primary amides is 1. The molecule has 0 bridgehead atoms. The van der Waals surface area contributed by atoms with E-state index in [4.69, 9.17) is 5.73 Å². The molecule has 0 radical (unpaired) electrons. The van der Waals surface area contributed by atoms with Crippen molar-refractivity contribution in [3.8, 4) is 0 Å². The Bertz CT molecular complexity index is 184. The Balaban J connectivity index is 3.78. The third-order valence-electron chi connectivity index (χ3n) is 0.736. The van der Waals surface area contributed by atoms with E-state index in [0.29, 0.717) is 0 Å². The molecule has 0 aliphatic carbocycles. The number of nitrogens with two attached hydrogens (primary N) is 1. The molecule has 0 fully saturated rings. The van der Waals surface area contributed by atoms with Crippen LogP contribution in [0.2, 0.25) is 0 Å². The van der Waals surface area contributed by atoms with E-state index >= 15 is 0 Å². The van der Waals surface area contributed by atoms with Crippen LogP contribution in [0.5, 0.6) is 0 Å². The standard InChI is InChI=1S/C7H11NO3/c1-5(2)11-7(10)4-3-6(8)9/h3-5H,1-2H3,(H2,8,9). The Morgan fingerprint density at radius 1 is 1.36 bits per heavy atom. The second-order valence-corrected chi connectivity index (χ2v) is 2.22. The Kier molecular flexibility index (Phi) is 3.95. The predicted octanol–water partition coefficient (Wildman–Crippen LogP) is -0.0205. The molecule has 0 spiro atoms. The van der Waals surface area contributed by atoms with Crippen molar-refractivity contribution in [1.82, 2.24) is 0 Å². The number of ether oxygens (including phenoxy) is 1. The van der Waals surface area contributed by atoms with Gasteiger partial charge >= 0.3 is 5.97 Å². The minimum atomic E-state index is -0.661. The fourth-order valence-electron chi connectivity index (χ4n) is 0.422. The van der Waals surface area contributed by atoms with Crippen LogP contribution >= 0.6 is 0 Å². The van der Waals surface area contributed by atoms with Gasteiger partial charge in [0.2, 0.25) is 5.91 Å². The highest BCUT2D eigenvalue weighted by atomic mass is 16.5. The molecular weight excluding hydrogens is 146 g/mol. The second kappa shape index (κ2) is 4.49. The number of rotatable bonds is 3. The number of carbonyl (C=O) groups excluding carboxylic acids is 2. The molecule has 4 nitrogen and oxygen atoms in total. The average molecular weight is 157 g/mol. The van der Waals surface area contributed by atoms with E-state index in [2.05, 4.69) is 4.74 Å². The third kappa shape index (κ3) is 6.57. The molecular formula is C7H11NO3. The van der Waals surface area contributed by atoms with E-state index in [1.807, 2.05) is 0 Å². The summed E-state index contributed by atoms with van der Waals surface area (Å²) in [5, 5.41) is 0. The summed E-state index contributed by atoms with van der Waals surface area (Å²) in [6.45, 7) is 3.44. The van der Waals surface area contributed by atoms with Crippen LogP contribution < -0.4 is 5.73 Å². The lowest BCUT2D eigenvalue weighted by atomic mass is 10.4. The average Bonchev–Trinajstić information content (AvgIpc) is 1.82. The molecule has 0 aromatic carbocycles. The van der Waals surface area contributed by atoms with Gasteiger partial charge < -0.3 is 10.5 Å². The summed E-state index contributed by atoms with van der Waals surface area (Å²) in [6.07, 6.45) is 1.78. The summed E-state index contributed by atoms with van der Waals surface area (Å²) in [6, 6.07) is 0. The molecule has 62 valence electrons. The molecule has 0 rings (SSSR count). The molecule has 0 aliphatic heterocycles. The summed E-state index contributed by atoms with van der Waals surface area (Å²) < 4.78 is 4.67. The van der Waals surface area contributed by atoms with E-state index in [9.17, 15) is 9.59 Å². The summed E-state index contributed by atoms with van der Waals surface area (Å²) in [5.41, 5.74) is 4.74. The summed E-state index contributed by atoms with van der Waals surface area (Å²) in [4.78, 5) is 20.8. The molecule has 11 heavy (non-hydrogen) atoms. The highest BCUT2D eigenvalue weighted by Crippen LogP contribution is 1.89. The van der Waals surface area contributed by atoms with Gasteiger partial charge in [-0.15, -0.1) is 0 Å². The van der Waals surface area contributed by atoms with Gasteiger partial charge in [-0.1, -0.05) is 0 Å². The number of hydrogen-bond donors (Lipinski definition) is 1. The Hall–Kier alpha value is -1.32. The zero-order chi connectivity index (χ0) is 8.85. The van der Waals surface area contributed by atoms with Crippen molar-refractivity contribution in [3.63, 3.8) is 0 Å². The van der Waals surface area contributed by atoms with Gasteiger partial charge in [0.05, 0.1) is 6.10 Å². The number of hydrogen-bond acceptors (Lipinski definition) is 3. The SMILES string of the molecule is CC(C)OC(=O)C=CC(N)=O. The first-order valence-corrected chi connectivity index (χ1v) is 3.20. The zero-order valence-electron chi connectivity index (χ0n) is 6.53. The maximum atomic E-state index is 10.6. The largest absolute Gasteiger partial charge is 0.460 e. The van der Waals surface area contributed by atoms with Crippen LogP contribution in [-0.4, -0.2) is 18.0 Å². The number of amides is 1. The van der Waals surface area contributed by atoms with Crippen LogP contribution in [-0.2, 0) is 14.3 Å². The van der Waals surface area contributed by atoms with Crippen molar-refractivity contribution in [1.29, 1.82) is 0 Å². The normalized spacial score (nSPS) is 10.5. The third-order valence-corrected chi connectivity index (χ3v) is 0.736. The van der Waals surface area contributed by atoms with Gasteiger partial charge in [0, 0.05) is 12.2 Å². The molecule has 0 atom stereocenters. The van der Waals surface area contributed by atoms with E-state index in [0.717, 1.165) is 12.2 Å². The first kappa shape index (κ1) is 9.68. The van der Waals surface area contributed by atoms with Crippen LogP contribution in [0.15, 0.2) is 12.2 Å². The van der Waals surface area contributed by atoms with Crippen LogP contribution in [0, 0.1) is 0 Å². The second-order valence-electron chi connectivity index (χ2n) is 2.22. The molecule has 2 N–H and O–H groups in total. The summed E-state index contributed by atoms with van der Waals surface area (Å²) in [7, 11) is 0. The van der Waals surface area contributed by atoms with Crippen molar-refractivity contribution in [3.05, 3.63) is 12.2 Å². The van der Waals surface area contributed by atoms with Gasteiger partial charge in [-0.3, -0.25) is 4.79 Å². The fraction of sp³-hybridized carbons (Fsp3) is 0.429. The molecule has 4 heteroatoms. The predicted molar refractivity (Wildman–Crippen MR) is 39.6 cm³/mol. The van der Waals surface area contributed by atoms with Crippen molar-refractivity contribution in [2.24, 2.45) is 5.73 Å². The van der Waals surface area contributed by atoms with Gasteiger partial charge in [0.1, 0.15) is 0 Å². The monoisotopic (exact) mass is 157 g/mol. The Morgan fingerprint density at radius 2 is 1.91 bits per heavy atom. The maximum absolute atomic E-state index is 10.6. The molecule has 0 saturated carbocycles. The van der Waals surface area contributed by atoms with E-state index < -0.39 is 11.9 Å². The van der Waals surface area contributed by atoms with Crippen LogP contribution in [0.1, 0.15) is 13.8 Å². The molecule has 0 heterocycles. The quantitative estimate of drug-likeness (QED) is 0.462. The fourth-order valence-corrected chi connectivity index (χ4v) is 0.422. The maximum Gasteiger partial charge on any atom is 0.331 e. The molecule has 1 amide bonds. The Morgan fingerprint density at radius 3 is 2.27 bits per heavy atom. The lowest BCUT2D eigenvalue weighted by Gasteiger charge is -2.03. The molecule has 0 unspecified atom stereocenters. The molecule has 0 aliphatic rings. The number of esters is 1. The first-order chi connectivity index (χ1) is 5.02. The van der Waals surface area contributed by atoms with Crippen LogP contribution in [0.3, 0.4) is 0 Å². The van der Waals surface area contributed by atoms with Crippen molar-refractivity contribution >= 4 is 11.9 Å². The van der Waals surface area contributed by atoms with Crippen LogP contribution in [0.25, 0.3) is 0 Å². The minimum Gasteiger partial charge on any atom is -0.460 e. The highest BCUT2D eigenvalue weighted by molar-refractivity contribution is 5.93. The van der Waals surface area contributed by atoms with E-state index in [1.165, 1.54) is 0 Å². The smallest absolute Gasteiger partial charge is 0.331 e. The van der Waals surface area contributed by atoms with Gasteiger partial charge in [-0.05, 0) is 13.8 Å². The van der Waals surface area contributed by atoms with Crippen molar-refractivity contribution < 1.29 is 14.3 Å². The van der Waals surface area contributed by atoms with E-state index in [1.54, 1.807) is 13.8 Å². The Labute approximate surface area is 65.0 Å². The summed E-state index contributed by atoms with van der Waals surface area (Å²) in [5.74, 6) is -1.22. The van der Waals surface area contributed by atoms with E-state index in [-0.39, 0.29) is 6.10 Å². The minimum absolute atomic E-state index is 0.181. The lowest BCUT2D eigenvalue weighted by molar-refractivity contribution is -0.141. The van der Waals surface area contributed by atoms with Gasteiger partial charge in [-0.25, -0.2) is 4.79 Å². The van der Waals surface area contributed by atoms with Crippen molar-refractivity contribution in [2.75, 3.05) is 0 Å². The van der Waals surface area contributed by atoms with Gasteiger partial charge in [-0.2, -0.15) is 0 Å². The summed E-state index contributed by atoms with van der Waals surface area (Å²) >= 11 is 0. The van der Waals surface area contributed by atoms with Crippen molar-refractivity contribution in [2.45, 2.75) is 20.0 Å². The highest BCUT2D eigenvalue weighted by Gasteiger charge is 1.99. The molecule has 0 aromatic rings. The molecule has 0 aromatic heterocycles. The van der Waals surface area contributed by atoms with Crippen LogP contribution in [0.4, 0.5) is 0 Å². The topological polar surface area (TPSA) is 69.4 Å². The first-order valence-electron chi connectivity index (χ1n) is 3.20. The van der Waals surface area contributed by atoms with Gasteiger partial charge in [0.15, 0.2) is 0 Å². The lowest BCUT2D eigenvalue weighted by Crippen LogP contribution is -2.11. The zero-order valence-corrected chi connectivity index (χ0v) is 6.53. The molecule has 0 saturated heterocycles.